The highest BCUT2D eigenvalue weighted by atomic mass is 32.2. The zero-order valence-corrected chi connectivity index (χ0v) is 17.6. The summed E-state index contributed by atoms with van der Waals surface area (Å²) < 4.78 is 5.24. The number of carbonyl (C=O) groups is 2. The van der Waals surface area contributed by atoms with Crippen LogP contribution in [0.3, 0.4) is 0 Å². The van der Waals surface area contributed by atoms with Crippen molar-refractivity contribution in [2.75, 3.05) is 25.5 Å². The second-order valence-electron chi connectivity index (χ2n) is 8.38. The molecule has 5 nitrogen and oxygen atoms in total. The first-order chi connectivity index (χ1) is 13.6. The van der Waals surface area contributed by atoms with Gasteiger partial charge in [0.05, 0.1) is 24.5 Å². The first kappa shape index (κ1) is 21.2. The van der Waals surface area contributed by atoms with Crippen molar-refractivity contribution in [3.05, 3.63) is 29.8 Å². The van der Waals surface area contributed by atoms with Crippen LogP contribution in [-0.4, -0.2) is 43.4 Å². The largest absolute Gasteiger partial charge is 0.380 e. The fourth-order valence-electron chi connectivity index (χ4n) is 3.73. The zero-order valence-electron chi connectivity index (χ0n) is 16.8. The maximum absolute atomic E-state index is 12.6. The summed E-state index contributed by atoms with van der Waals surface area (Å²) in [5.41, 5.74) is 0.671. The molecular formula is C22H32N2O3S. The number of benzene rings is 1. The summed E-state index contributed by atoms with van der Waals surface area (Å²) in [6.45, 7) is 4.08. The van der Waals surface area contributed by atoms with E-state index in [1.54, 1.807) is 0 Å². The summed E-state index contributed by atoms with van der Waals surface area (Å²) in [6.07, 6.45) is 8.43. The highest BCUT2D eigenvalue weighted by Gasteiger charge is 2.33. The second kappa shape index (κ2) is 10.3. The molecule has 2 fully saturated rings. The van der Waals surface area contributed by atoms with Crippen LogP contribution in [0.5, 0.6) is 0 Å². The Balaban J connectivity index is 1.49. The lowest BCUT2D eigenvalue weighted by atomic mass is 9.88. The lowest BCUT2D eigenvalue weighted by Crippen LogP contribution is -2.48. The summed E-state index contributed by atoms with van der Waals surface area (Å²) in [4.78, 5) is 25.9. The molecule has 1 aliphatic carbocycles. The monoisotopic (exact) mass is 404 g/mol. The third-order valence-electron chi connectivity index (χ3n) is 5.54. The fraction of sp³-hybridized carbons (Fsp3) is 0.636. The molecule has 2 N–H and O–H groups in total. The first-order valence-electron chi connectivity index (χ1n) is 10.4. The Morgan fingerprint density at radius 2 is 1.79 bits per heavy atom. The maximum atomic E-state index is 12.6. The lowest BCUT2D eigenvalue weighted by Gasteiger charge is -2.38. The Morgan fingerprint density at radius 3 is 2.46 bits per heavy atom. The van der Waals surface area contributed by atoms with Crippen molar-refractivity contribution in [3.8, 4) is 0 Å². The highest BCUT2D eigenvalue weighted by molar-refractivity contribution is 8.00. The van der Waals surface area contributed by atoms with E-state index < -0.39 is 0 Å². The van der Waals surface area contributed by atoms with Gasteiger partial charge in [-0.1, -0.05) is 51.2 Å². The van der Waals surface area contributed by atoms with Gasteiger partial charge in [0.25, 0.3) is 5.91 Å². The van der Waals surface area contributed by atoms with Crippen LogP contribution < -0.4 is 10.6 Å². The summed E-state index contributed by atoms with van der Waals surface area (Å²) in [5.74, 6) is 0.313. The average Bonchev–Trinajstić information content (AvgIpc) is 2.65. The molecule has 1 aromatic carbocycles. The predicted molar refractivity (Wildman–Crippen MR) is 113 cm³/mol. The number of carbonyl (C=O) groups excluding carboxylic acids is 2. The van der Waals surface area contributed by atoms with Crippen molar-refractivity contribution >= 4 is 23.6 Å². The second-order valence-corrected chi connectivity index (χ2v) is 9.40. The number of amides is 2. The lowest BCUT2D eigenvalue weighted by molar-refractivity contribution is -0.119. The first-order valence-corrected chi connectivity index (χ1v) is 11.4. The highest BCUT2D eigenvalue weighted by Crippen LogP contribution is 2.26. The molecule has 0 spiro atoms. The van der Waals surface area contributed by atoms with E-state index in [1.807, 2.05) is 24.3 Å². The third kappa shape index (κ3) is 6.24. The molecule has 0 unspecified atom stereocenters. The minimum Gasteiger partial charge on any atom is -0.380 e. The summed E-state index contributed by atoms with van der Waals surface area (Å²) in [6, 6.07) is 7.81. The quantitative estimate of drug-likeness (QED) is 0.679. The van der Waals surface area contributed by atoms with E-state index in [1.165, 1.54) is 43.9 Å². The molecule has 1 heterocycles. The maximum Gasteiger partial charge on any atom is 0.252 e. The van der Waals surface area contributed by atoms with Crippen LogP contribution in [0.2, 0.25) is 0 Å². The van der Waals surface area contributed by atoms with Gasteiger partial charge < -0.3 is 15.4 Å². The van der Waals surface area contributed by atoms with E-state index in [9.17, 15) is 9.59 Å². The zero-order chi connectivity index (χ0) is 19.8. The van der Waals surface area contributed by atoms with Gasteiger partial charge in [0.15, 0.2) is 0 Å². The number of thioether (sulfide) groups is 1. The molecule has 1 saturated carbocycles. The summed E-state index contributed by atoms with van der Waals surface area (Å²) in [7, 11) is 0. The van der Waals surface area contributed by atoms with Crippen LogP contribution >= 0.6 is 11.8 Å². The van der Waals surface area contributed by atoms with Gasteiger partial charge in [-0.3, -0.25) is 9.59 Å². The van der Waals surface area contributed by atoms with Gasteiger partial charge in [-0.25, -0.2) is 0 Å². The Labute approximate surface area is 172 Å². The van der Waals surface area contributed by atoms with E-state index in [-0.39, 0.29) is 17.2 Å². The van der Waals surface area contributed by atoms with Gasteiger partial charge in [-0.15, -0.1) is 11.8 Å². The number of rotatable bonds is 7. The Hall–Kier alpha value is -1.53. The van der Waals surface area contributed by atoms with E-state index in [4.69, 9.17) is 4.74 Å². The minimum absolute atomic E-state index is 0.0369. The van der Waals surface area contributed by atoms with Crippen molar-refractivity contribution in [2.24, 2.45) is 5.41 Å². The molecule has 28 heavy (non-hydrogen) atoms. The molecule has 154 valence electrons. The molecule has 2 aliphatic rings. The van der Waals surface area contributed by atoms with Crippen molar-refractivity contribution in [1.29, 1.82) is 0 Å². The fourth-order valence-corrected chi connectivity index (χ4v) is 4.60. The number of nitrogens with one attached hydrogen (secondary N) is 2. The third-order valence-corrected chi connectivity index (χ3v) is 6.61. The van der Waals surface area contributed by atoms with Crippen molar-refractivity contribution in [3.63, 3.8) is 0 Å². The van der Waals surface area contributed by atoms with E-state index in [0.717, 1.165) is 17.7 Å². The van der Waals surface area contributed by atoms with Crippen LogP contribution in [0, 0.1) is 5.41 Å². The van der Waals surface area contributed by atoms with Crippen LogP contribution in [0.25, 0.3) is 0 Å². The predicted octanol–water partition coefficient (Wildman–Crippen LogP) is 3.77. The van der Waals surface area contributed by atoms with Gasteiger partial charge in [0, 0.05) is 22.9 Å². The van der Waals surface area contributed by atoms with Crippen molar-refractivity contribution in [1.82, 2.24) is 10.6 Å². The van der Waals surface area contributed by atoms with Gasteiger partial charge >= 0.3 is 0 Å². The molecule has 6 heteroatoms. The van der Waals surface area contributed by atoms with Gasteiger partial charge in [-0.05, 0) is 25.0 Å². The number of hydrogen-bond acceptors (Lipinski definition) is 4. The molecule has 0 aromatic heterocycles. The topological polar surface area (TPSA) is 67.4 Å². The summed E-state index contributed by atoms with van der Waals surface area (Å²) >= 11 is 1.44. The van der Waals surface area contributed by atoms with E-state index in [0.29, 0.717) is 37.1 Å². The molecule has 0 atom stereocenters. The Morgan fingerprint density at radius 1 is 1.11 bits per heavy atom. The SMILES string of the molecule is CC1(CNC(=O)c2ccccc2SCC(=O)NC2CCCCCCC2)COC1. The van der Waals surface area contributed by atoms with Gasteiger partial charge in [0.1, 0.15) is 0 Å². The molecular weight excluding hydrogens is 372 g/mol. The van der Waals surface area contributed by atoms with Crippen LogP contribution in [0.1, 0.15) is 62.2 Å². The van der Waals surface area contributed by atoms with E-state index in [2.05, 4.69) is 17.6 Å². The van der Waals surface area contributed by atoms with Gasteiger partial charge in [0.2, 0.25) is 5.91 Å². The minimum atomic E-state index is -0.0864. The molecule has 0 radical (unpaired) electrons. The molecule has 3 rings (SSSR count). The smallest absolute Gasteiger partial charge is 0.252 e. The standard InChI is InChI=1S/C22H32N2O3S/c1-22(15-27-16-22)14-23-21(26)18-11-7-8-12-19(18)28-13-20(25)24-17-9-5-3-2-4-6-10-17/h7-8,11-12,17H,2-6,9-10,13-16H2,1H3,(H,23,26)(H,24,25). The van der Waals surface area contributed by atoms with E-state index >= 15 is 0 Å². The van der Waals surface area contributed by atoms with Crippen LogP contribution in [0.15, 0.2) is 29.2 Å². The summed E-state index contributed by atoms with van der Waals surface area (Å²) in [5, 5.41) is 6.21. The molecule has 0 bridgehead atoms. The van der Waals surface area contributed by atoms with Crippen molar-refractivity contribution in [2.45, 2.75) is 62.8 Å². The van der Waals surface area contributed by atoms with Crippen LogP contribution in [0.4, 0.5) is 0 Å². The van der Waals surface area contributed by atoms with Crippen molar-refractivity contribution < 1.29 is 14.3 Å². The molecule has 1 saturated heterocycles. The molecule has 2 amide bonds. The molecule has 1 aliphatic heterocycles. The molecule has 1 aromatic rings. The Bertz CT molecular complexity index is 668. The van der Waals surface area contributed by atoms with Gasteiger partial charge in [-0.2, -0.15) is 0 Å². The van der Waals surface area contributed by atoms with Crippen LogP contribution in [-0.2, 0) is 9.53 Å². The Kier molecular flexibility index (Phi) is 7.80. The average molecular weight is 405 g/mol. The number of hydrogen-bond donors (Lipinski definition) is 2. The normalized spacial score (nSPS) is 19.8. The number of ether oxygens (including phenoxy) is 1.